The van der Waals surface area contributed by atoms with E-state index in [1.54, 1.807) is 26.0 Å². The summed E-state index contributed by atoms with van der Waals surface area (Å²) in [6, 6.07) is 21.8. The summed E-state index contributed by atoms with van der Waals surface area (Å²) in [6.45, 7) is 0.648. The third-order valence-electron chi connectivity index (χ3n) is 6.71. The van der Waals surface area contributed by atoms with Crippen molar-refractivity contribution in [1.29, 1.82) is 0 Å². The Kier molecular flexibility index (Phi) is 8.71. The van der Waals surface area contributed by atoms with Crippen LogP contribution in [0.4, 0.5) is 0 Å². The fourth-order valence-corrected chi connectivity index (χ4v) is 7.32. The van der Waals surface area contributed by atoms with Gasteiger partial charge in [0, 0.05) is 24.8 Å². The number of furan rings is 1. The van der Waals surface area contributed by atoms with Crippen molar-refractivity contribution in [1.82, 2.24) is 5.32 Å². The molecule has 4 aromatic rings. The molecule has 39 heavy (non-hydrogen) atoms. The number of carbonyl (C=O) groups excluding carboxylic acids is 1. The molecule has 2 aromatic heterocycles. The average Bonchev–Trinajstić information content (AvgIpc) is 3.59. The van der Waals surface area contributed by atoms with Crippen LogP contribution >= 0.6 is 23.1 Å². The molecule has 0 saturated heterocycles. The predicted octanol–water partition coefficient (Wildman–Crippen LogP) is 6.63. The molecule has 0 radical (unpaired) electrons. The van der Waals surface area contributed by atoms with E-state index in [4.69, 9.17) is 13.9 Å². The number of hydrogen-bond acceptors (Lipinski definition) is 8. The van der Waals surface area contributed by atoms with Crippen molar-refractivity contribution in [3.05, 3.63) is 105 Å². The summed E-state index contributed by atoms with van der Waals surface area (Å²) in [5.41, 5.74) is 4.72. The molecule has 9 heteroatoms. The maximum Gasteiger partial charge on any atom is 0.262 e. The lowest BCUT2D eigenvalue weighted by molar-refractivity contribution is 0.0950. The van der Waals surface area contributed by atoms with E-state index in [1.807, 2.05) is 54.6 Å². The summed E-state index contributed by atoms with van der Waals surface area (Å²) < 4.78 is 17.2. The first-order chi connectivity index (χ1) is 19.1. The van der Waals surface area contributed by atoms with Gasteiger partial charge in [0.2, 0.25) is 0 Å². The van der Waals surface area contributed by atoms with Gasteiger partial charge < -0.3 is 24.4 Å². The van der Waals surface area contributed by atoms with Crippen molar-refractivity contribution in [3.8, 4) is 5.75 Å². The van der Waals surface area contributed by atoms with Crippen molar-refractivity contribution in [2.45, 2.75) is 41.9 Å². The number of thioether (sulfide) groups is 1. The topological polar surface area (TPSA) is 93.3 Å². The molecule has 0 fully saturated rings. The highest BCUT2D eigenvalue weighted by atomic mass is 32.2. The Bertz CT molecular complexity index is 1440. The van der Waals surface area contributed by atoms with Crippen molar-refractivity contribution < 1.29 is 23.9 Å². The Morgan fingerprint density at radius 1 is 1.08 bits per heavy atom. The average molecular weight is 563 g/mol. The maximum absolute atomic E-state index is 13.5. The molecule has 1 aliphatic carbocycles. The van der Waals surface area contributed by atoms with Gasteiger partial charge in [-0.3, -0.25) is 4.79 Å². The van der Waals surface area contributed by atoms with Gasteiger partial charge >= 0.3 is 0 Å². The van der Waals surface area contributed by atoms with Gasteiger partial charge in [-0.15, -0.1) is 23.1 Å². The van der Waals surface area contributed by atoms with Crippen LogP contribution in [0.25, 0.3) is 0 Å². The summed E-state index contributed by atoms with van der Waals surface area (Å²) in [5, 5.41) is 16.8. The van der Waals surface area contributed by atoms with E-state index in [0.717, 1.165) is 32.4 Å². The molecule has 1 unspecified atom stereocenters. The Morgan fingerprint density at radius 2 is 1.85 bits per heavy atom. The largest absolute Gasteiger partial charge is 0.497 e. The minimum atomic E-state index is -0.167. The maximum atomic E-state index is 13.5. The highest BCUT2D eigenvalue weighted by Crippen LogP contribution is 2.45. The first-order valence-corrected chi connectivity index (χ1v) is 14.4. The van der Waals surface area contributed by atoms with E-state index in [9.17, 15) is 10.0 Å². The SMILES string of the molecule is COCc1ccc(CNC(=O)c2sc(SCc3ccccc3)c3c2CC(c2ccc(OC)cc2)C/C3=N\O)o1. The number of thiophene rings is 1. The lowest BCUT2D eigenvalue weighted by Crippen LogP contribution is -2.25. The molecule has 0 bridgehead atoms. The molecule has 0 saturated carbocycles. The molecule has 7 nitrogen and oxygen atoms in total. The van der Waals surface area contributed by atoms with Gasteiger partial charge in [0.1, 0.15) is 23.9 Å². The molecule has 1 amide bonds. The number of fused-ring (bicyclic) bond motifs is 1. The molecule has 1 aliphatic rings. The van der Waals surface area contributed by atoms with E-state index in [1.165, 1.54) is 16.9 Å². The third-order valence-corrected chi connectivity index (χ3v) is 9.28. The van der Waals surface area contributed by atoms with E-state index in [-0.39, 0.29) is 18.4 Å². The second-order valence-electron chi connectivity index (χ2n) is 9.26. The van der Waals surface area contributed by atoms with Gasteiger partial charge in [0.25, 0.3) is 5.91 Å². The summed E-state index contributed by atoms with van der Waals surface area (Å²) >= 11 is 3.13. The summed E-state index contributed by atoms with van der Waals surface area (Å²) in [4.78, 5) is 14.2. The van der Waals surface area contributed by atoms with Crippen molar-refractivity contribution in [2.24, 2.45) is 5.16 Å². The second-order valence-corrected chi connectivity index (χ2v) is 11.5. The smallest absolute Gasteiger partial charge is 0.262 e. The fraction of sp³-hybridized carbons (Fsp3) is 0.267. The van der Waals surface area contributed by atoms with Crippen LogP contribution in [-0.2, 0) is 30.1 Å². The zero-order chi connectivity index (χ0) is 27.2. The van der Waals surface area contributed by atoms with Crippen LogP contribution in [0.5, 0.6) is 5.75 Å². The van der Waals surface area contributed by atoms with Gasteiger partial charge in [-0.05, 0) is 53.3 Å². The van der Waals surface area contributed by atoms with E-state index < -0.39 is 0 Å². The number of hydrogen-bond donors (Lipinski definition) is 2. The third kappa shape index (κ3) is 6.21. The number of benzene rings is 2. The van der Waals surface area contributed by atoms with Crippen LogP contribution < -0.4 is 10.1 Å². The lowest BCUT2D eigenvalue weighted by atomic mass is 9.80. The van der Waals surface area contributed by atoms with Gasteiger partial charge in [-0.25, -0.2) is 0 Å². The number of nitrogens with one attached hydrogen (secondary N) is 1. The molecular weight excluding hydrogens is 532 g/mol. The van der Waals surface area contributed by atoms with Crippen LogP contribution in [0.3, 0.4) is 0 Å². The molecule has 202 valence electrons. The number of methoxy groups -OCH3 is 2. The quantitative estimate of drug-likeness (QED) is 0.128. The van der Waals surface area contributed by atoms with Crippen LogP contribution in [0.1, 0.15) is 55.8 Å². The Morgan fingerprint density at radius 3 is 2.56 bits per heavy atom. The van der Waals surface area contributed by atoms with Gasteiger partial charge in [-0.2, -0.15) is 0 Å². The number of rotatable bonds is 10. The summed E-state index contributed by atoms with van der Waals surface area (Å²) in [6.07, 6.45) is 1.26. The molecule has 5 rings (SSSR count). The van der Waals surface area contributed by atoms with Gasteiger partial charge in [0.05, 0.1) is 28.5 Å². The fourth-order valence-electron chi connectivity index (χ4n) is 4.78. The molecule has 0 spiro atoms. The molecule has 2 aromatic carbocycles. The Balaban J connectivity index is 1.44. The minimum absolute atomic E-state index is 0.0732. The summed E-state index contributed by atoms with van der Waals surface area (Å²) in [7, 11) is 3.25. The number of oxime groups is 1. The van der Waals surface area contributed by atoms with Crippen LogP contribution in [0.15, 0.2) is 80.5 Å². The second kappa shape index (κ2) is 12.5. The molecule has 1 atom stereocenters. The van der Waals surface area contributed by atoms with Crippen molar-refractivity contribution in [2.75, 3.05) is 14.2 Å². The zero-order valence-corrected chi connectivity index (χ0v) is 23.4. The van der Waals surface area contributed by atoms with Crippen molar-refractivity contribution in [3.63, 3.8) is 0 Å². The van der Waals surface area contributed by atoms with E-state index in [0.29, 0.717) is 41.6 Å². The Labute approximate surface area is 235 Å². The van der Waals surface area contributed by atoms with E-state index in [2.05, 4.69) is 22.6 Å². The van der Waals surface area contributed by atoms with Gasteiger partial charge in [-0.1, -0.05) is 47.6 Å². The Hall–Kier alpha value is -3.53. The summed E-state index contributed by atoms with van der Waals surface area (Å²) in [5.74, 6) is 2.82. The zero-order valence-electron chi connectivity index (χ0n) is 21.8. The van der Waals surface area contributed by atoms with E-state index >= 15 is 0 Å². The first-order valence-electron chi connectivity index (χ1n) is 12.6. The number of carbonyl (C=O) groups is 1. The monoisotopic (exact) mass is 562 g/mol. The van der Waals surface area contributed by atoms with Crippen LogP contribution in [0.2, 0.25) is 0 Å². The highest BCUT2D eigenvalue weighted by Gasteiger charge is 2.34. The number of ether oxygens (including phenoxy) is 2. The predicted molar refractivity (Wildman–Crippen MR) is 153 cm³/mol. The van der Waals surface area contributed by atoms with Crippen LogP contribution in [-0.4, -0.2) is 31.0 Å². The molecule has 0 aliphatic heterocycles. The molecule has 2 N–H and O–H groups in total. The standard InChI is InChI=1S/C30H30N2O5S2/c1-35-17-24-13-12-23(37-24)16-31-29(33)28-25-14-21(20-8-10-22(36-2)11-9-20)15-26(32-34)27(25)30(39-28)38-18-19-6-4-3-5-7-19/h3-13,21,34H,14-18H2,1-2H3,(H,31,33)/b32-26+. The molecule has 2 heterocycles. The van der Waals surface area contributed by atoms with Crippen LogP contribution in [0, 0.1) is 0 Å². The number of amides is 1. The lowest BCUT2D eigenvalue weighted by Gasteiger charge is -2.25. The van der Waals surface area contributed by atoms with Gasteiger partial charge in [0.15, 0.2) is 0 Å². The molecular formula is C30H30N2O5S2. The minimum Gasteiger partial charge on any atom is -0.497 e. The normalized spacial score (nSPS) is 15.7. The first kappa shape index (κ1) is 27.1. The highest BCUT2D eigenvalue weighted by molar-refractivity contribution is 8.00. The van der Waals surface area contributed by atoms with Crippen molar-refractivity contribution >= 4 is 34.7 Å². The number of nitrogens with zero attached hydrogens (tertiary/aromatic N) is 1.